The first kappa shape index (κ1) is 23.1. The lowest BCUT2D eigenvalue weighted by Crippen LogP contribution is -2.23. The lowest BCUT2D eigenvalue weighted by Gasteiger charge is -2.22. The van der Waals surface area contributed by atoms with Crippen LogP contribution in [0.2, 0.25) is 0 Å². The van der Waals surface area contributed by atoms with Crippen LogP contribution in [0.15, 0.2) is 84.0 Å². The van der Waals surface area contributed by atoms with Crippen LogP contribution in [0.4, 0.5) is 15.8 Å². The van der Waals surface area contributed by atoms with Crippen LogP contribution in [0.5, 0.6) is 5.88 Å². The molecule has 3 heterocycles. The molecular formula is C29H26FN5O2. The number of rotatable bonds is 5. The van der Waals surface area contributed by atoms with Crippen molar-refractivity contribution >= 4 is 22.4 Å². The number of benzene rings is 3. The molecule has 6 rings (SSSR count). The summed E-state index contributed by atoms with van der Waals surface area (Å²) >= 11 is 0. The average molecular weight is 496 g/mol. The van der Waals surface area contributed by atoms with Gasteiger partial charge in [0.15, 0.2) is 0 Å². The number of aromatic nitrogens is 3. The Labute approximate surface area is 213 Å². The van der Waals surface area contributed by atoms with Gasteiger partial charge in [-0.2, -0.15) is 0 Å². The number of fused-ring (bicyclic) bond motifs is 2. The molecule has 2 aromatic carbocycles. The number of halogens is 1. The third kappa shape index (κ3) is 4.75. The zero-order chi connectivity index (χ0) is 25.2. The van der Waals surface area contributed by atoms with Crippen molar-refractivity contribution in [3.8, 4) is 23.0 Å². The van der Waals surface area contributed by atoms with E-state index >= 15 is 0 Å². The first-order valence-electron chi connectivity index (χ1n) is 12.3. The molecule has 1 aliphatic carbocycles. The summed E-state index contributed by atoms with van der Waals surface area (Å²) in [5, 5.41) is 4.30. The second kappa shape index (κ2) is 9.99. The zero-order valence-corrected chi connectivity index (χ0v) is 20.4. The molecule has 0 spiro atoms. The van der Waals surface area contributed by atoms with Gasteiger partial charge in [0.05, 0.1) is 58.5 Å². The van der Waals surface area contributed by atoms with Crippen LogP contribution < -0.4 is 15.4 Å². The third-order valence-electron chi connectivity index (χ3n) is 6.52. The molecular weight excluding hydrogens is 469 g/mol. The maximum absolute atomic E-state index is 13.8. The summed E-state index contributed by atoms with van der Waals surface area (Å²) in [6, 6.07) is 22.4. The number of pyridine rings is 1. The number of methoxy groups -OCH3 is 1. The molecule has 2 aliphatic heterocycles. The highest BCUT2D eigenvalue weighted by molar-refractivity contribution is 5.84. The highest BCUT2D eigenvalue weighted by Crippen LogP contribution is 2.30. The highest BCUT2D eigenvalue weighted by Gasteiger charge is 2.18. The largest absolute Gasteiger partial charge is 0.481 e. The first-order valence-corrected chi connectivity index (χ1v) is 12.3. The zero-order valence-electron chi connectivity index (χ0n) is 20.4. The molecule has 3 aliphatic rings. The summed E-state index contributed by atoms with van der Waals surface area (Å²) in [4.78, 5) is 14.4. The summed E-state index contributed by atoms with van der Waals surface area (Å²) in [6.07, 6.45) is 3.47. The topological polar surface area (TPSA) is 73.6 Å². The highest BCUT2D eigenvalue weighted by atomic mass is 19.1. The van der Waals surface area contributed by atoms with E-state index in [4.69, 9.17) is 19.5 Å². The molecule has 1 fully saturated rings. The standard InChI is InChI=1S/C29H26FN5O2/c1-36-29-11-8-21(18-31-29)33-24-16-26-28(17-25(24)32-20-12-14-37-15-13-20)35(22-9-6-19(30)7-10-22)27-5-3-2-4-23(27)34-26/h2-11,16-18,20,33H,12-15H2,1H3/b32-25+. The van der Waals surface area contributed by atoms with Gasteiger partial charge in [-0.05, 0) is 67.4 Å². The van der Waals surface area contributed by atoms with Gasteiger partial charge in [-0.25, -0.2) is 14.4 Å². The predicted octanol–water partition coefficient (Wildman–Crippen LogP) is 5.50. The van der Waals surface area contributed by atoms with E-state index in [1.165, 1.54) is 12.1 Å². The minimum Gasteiger partial charge on any atom is -0.481 e. The Hall–Kier alpha value is -4.30. The van der Waals surface area contributed by atoms with Gasteiger partial charge in [0, 0.05) is 25.0 Å². The fourth-order valence-electron chi connectivity index (χ4n) is 4.66. The number of nitrogens with one attached hydrogen (secondary N) is 1. The fourth-order valence-corrected chi connectivity index (χ4v) is 4.66. The van der Waals surface area contributed by atoms with Crippen LogP contribution in [0, 0.1) is 5.82 Å². The van der Waals surface area contributed by atoms with Crippen LogP contribution in [0.25, 0.3) is 28.1 Å². The molecule has 0 unspecified atom stereocenters. The number of hydrogen-bond acceptors (Lipinski definition) is 6. The molecule has 37 heavy (non-hydrogen) atoms. The van der Waals surface area contributed by atoms with Crippen molar-refractivity contribution in [2.24, 2.45) is 4.99 Å². The lowest BCUT2D eigenvalue weighted by molar-refractivity contribution is 0.0864. The van der Waals surface area contributed by atoms with Crippen molar-refractivity contribution < 1.29 is 13.9 Å². The number of hydrogen-bond donors (Lipinski definition) is 1. The second-order valence-corrected chi connectivity index (χ2v) is 8.96. The van der Waals surface area contributed by atoms with E-state index in [9.17, 15) is 4.39 Å². The summed E-state index contributed by atoms with van der Waals surface area (Å²) in [6.45, 7) is 1.41. The van der Waals surface area contributed by atoms with E-state index in [-0.39, 0.29) is 11.9 Å². The molecule has 0 atom stereocenters. The average Bonchev–Trinajstić information content (AvgIpc) is 2.94. The van der Waals surface area contributed by atoms with Gasteiger partial charge in [0.25, 0.3) is 0 Å². The Morgan fingerprint density at radius 3 is 2.59 bits per heavy atom. The van der Waals surface area contributed by atoms with Gasteiger partial charge in [0.2, 0.25) is 5.88 Å². The van der Waals surface area contributed by atoms with Gasteiger partial charge in [-0.15, -0.1) is 0 Å². The molecule has 0 bridgehead atoms. The SMILES string of the molecule is COc1ccc(Nc2cc3nc4ccccc4n(-c4ccc(F)cc4)c-3c/c2=N\C2CCOCC2)cn1. The Kier molecular flexibility index (Phi) is 6.24. The van der Waals surface area contributed by atoms with E-state index in [2.05, 4.69) is 20.9 Å². The molecule has 7 nitrogen and oxygen atoms in total. The summed E-state index contributed by atoms with van der Waals surface area (Å²) in [5.74, 6) is 0.270. The van der Waals surface area contributed by atoms with Gasteiger partial charge in [-0.3, -0.25) is 4.99 Å². The van der Waals surface area contributed by atoms with E-state index in [0.29, 0.717) is 19.1 Å². The van der Waals surface area contributed by atoms with Crippen molar-refractivity contribution in [1.29, 1.82) is 0 Å². The molecule has 1 aromatic heterocycles. The van der Waals surface area contributed by atoms with E-state index in [1.807, 2.05) is 42.5 Å². The van der Waals surface area contributed by atoms with Crippen LogP contribution in [-0.2, 0) is 4.74 Å². The monoisotopic (exact) mass is 495 g/mol. The molecule has 0 radical (unpaired) electrons. The summed E-state index contributed by atoms with van der Waals surface area (Å²) in [7, 11) is 1.59. The minimum atomic E-state index is -0.276. The molecule has 8 heteroatoms. The van der Waals surface area contributed by atoms with Crippen LogP contribution in [0.3, 0.4) is 0 Å². The Morgan fingerprint density at radius 1 is 1.03 bits per heavy atom. The summed E-state index contributed by atoms with van der Waals surface area (Å²) in [5.41, 5.74) is 5.94. The molecule has 3 aromatic rings. The number of para-hydroxylation sites is 2. The maximum atomic E-state index is 13.8. The third-order valence-corrected chi connectivity index (χ3v) is 6.52. The molecule has 0 amide bonds. The normalized spacial score (nSPS) is 14.8. The van der Waals surface area contributed by atoms with E-state index < -0.39 is 0 Å². The number of anilines is 2. The molecule has 1 N–H and O–H groups in total. The quantitative estimate of drug-likeness (QED) is 0.326. The van der Waals surface area contributed by atoms with Gasteiger partial charge in [0.1, 0.15) is 5.82 Å². The number of ether oxygens (including phenoxy) is 2. The van der Waals surface area contributed by atoms with Crippen molar-refractivity contribution in [3.05, 3.63) is 90.2 Å². The Bertz CT molecular complexity index is 1580. The summed E-state index contributed by atoms with van der Waals surface area (Å²) < 4.78 is 26.7. The first-order chi connectivity index (χ1) is 18.2. The van der Waals surface area contributed by atoms with Gasteiger partial charge >= 0.3 is 0 Å². The van der Waals surface area contributed by atoms with Crippen LogP contribution >= 0.6 is 0 Å². The van der Waals surface area contributed by atoms with Crippen molar-refractivity contribution in [2.75, 3.05) is 25.6 Å². The molecule has 1 saturated heterocycles. The molecule has 0 saturated carbocycles. The Balaban J connectivity index is 1.58. The van der Waals surface area contributed by atoms with Crippen LogP contribution in [0.1, 0.15) is 12.8 Å². The Morgan fingerprint density at radius 2 is 1.84 bits per heavy atom. The lowest BCUT2D eigenvalue weighted by atomic mass is 10.1. The minimum absolute atomic E-state index is 0.161. The van der Waals surface area contributed by atoms with Crippen LogP contribution in [-0.4, -0.2) is 40.9 Å². The van der Waals surface area contributed by atoms with Crippen molar-refractivity contribution in [2.45, 2.75) is 18.9 Å². The fraction of sp³-hybridized carbons (Fsp3) is 0.207. The van der Waals surface area contributed by atoms with Crippen molar-refractivity contribution in [1.82, 2.24) is 14.5 Å². The second-order valence-electron chi connectivity index (χ2n) is 8.96. The molecule has 186 valence electrons. The smallest absolute Gasteiger partial charge is 0.213 e. The van der Waals surface area contributed by atoms with E-state index in [1.54, 1.807) is 25.4 Å². The predicted molar refractivity (Wildman–Crippen MR) is 141 cm³/mol. The van der Waals surface area contributed by atoms with Crippen molar-refractivity contribution in [3.63, 3.8) is 0 Å². The van der Waals surface area contributed by atoms with Gasteiger partial charge < -0.3 is 19.4 Å². The maximum Gasteiger partial charge on any atom is 0.213 e. The number of nitrogens with zero attached hydrogens (tertiary/aromatic N) is 4. The van der Waals surface area contributed by atoms with Gasteiger partial charge in [-0.1, -0.05) is 12.1 Å². The van der Waals surface area contributed by atoms with E-state index in [0.717, 1.165) is 57.7 Å².